The number of likely N-dealkylation sites (tertiary alicyclic amines) is 1. The summed E-state index contributed by atoms with van der Waals surface area (Å²) in [4.78, 5) is 21.4. The second-order valence-corrected chi connectivity index (χ2v) is 3.01. The minimum atomic E-state index is -2.38. The third-order valence-corrected chi connectivity index (χ3v) is 2.18. The predicted octanol–water partition coefficient (Wildman–Crippen LogP) is -8.11. The van der Waals surface area contributed by atoms with Crippen molar-refractivity contribution in [3.63, 3.8) is 0 Å². The Morgan fingerprint density at radius 1 is 1.13 bits per heavy atom. The van der Waals surface area contributed by atoms with E-state index in [4.69, 9.17) is 0 Å². The molecular formula is C7H8FLi2NO4. The largest absolute Gasteiger partial charge is 1.00 e. The Morgan fingerprint density at radius 3 is 1.80 bits per heavy atom. The van der Waals surface area contributed by atoms with Crippen LogP contribution in [-0.4, -0.2) is 35.7 Å². The van der Waals surface area contributed by atoms with E-state index in [0.29, 0.717) is 0 Å². The molecule has 1 rings (SSSR count). The summed E-state index contributed by atoms with van der Waals surface area (Å²) in [5.41, 5.74) is -2.38. The van der Waals surface area contributed by atoms with Gasteiger partial charge < -0.3 is 24.7 Å². The summed E-state index contributed by atoms with van der Waals surface area (Å²) < 4.78 is 13.2. The van der Waals surface area contributed by atoms with Crippen LogP contribution in [0.5, 0.6) is 0 Å². The van der Waals surface area contributed by atoms with Gasteiger partial charge in [0.15, 0.2) is 5.67 Å². The molecule has 0 aromatic heterocycles. The summed E-state index contributed by atoms with van der Waals surface area (Å²) >= 11 is 0. The van der Waals surface area contributed by atoms with Gasteiger partial charge in [-0.15, -0.1) is 0 Å². The van der Waals surface area contributed by atoms with Gasteiger partial charge in [0.05, 0.1) is 5.97 Å². The van der Waals surface area contributed by atoms with E-state index in [9.17, 15) is 24.2 Å². The first-order valence-corrected chi connectivity index (χ1v) is 3.82. The Kier molecular flexibility index (Phi) is 7.42. The smallest absolute Gasteiger partial charge is 0.547 e. The Labute approximate surface area is 110 Å². The van der Waals surface area contributed by atoms with E-state index < -0.39 is 17.7 Å². The van der Waals surface area contributed by atoms with Crippen LogP contribution >= 0.6 is 0 Å². The van der Waals surface area contributed by atoms with Crippen LogP contribution in [0.15, 0.2) is 0 Å². The number of alkyl halides is 1. The average molecular weight is 203 g/mol. The second kappa shape index (κ2) is 6.45. The van der Waals surface area contributed by atoms with Crippen LogP contribution in [0.3, 0.4) is 0 Å². The normalized spacial score (nSPS) is 18.3. The number of halogens is 1. The molecule has 0 aromatic rings. The zero-order valence-electron chi connectivity index (χ0n) is 8.79. The van der Waals surface area contributed by atoms with Crippen molar-refractivity contribution in [2.24, 2.45) is 0 Å². The number of carboxylic acids is 1. The minimum Gasteiger partial charge on any atom is -0.547 e. The molecule has 1 heterocycles. The molecule has 74 valence electrons. The molecule has 0 radical (unpaired) electrons. The maximum Gasteiger partial charge on any atom is 1.00 e. The molecule has 15 heavy (non-hydrogen) atoms. The topological polar surface area (TPSA) is 83.5 Å². The van der Waals surface area contributed by atoms with Gasteiger partial charge in [0.1, 0.15) is 6.09 Å². The first kappa shape index (κ1) is 17.3. The molecule has 1 amide bonds. The zero-order chi connectivity index (χ0) is 10.1. The predicted molar refractivity (Wildman–Crippen MR) is 35.0 cm³/mol. The second-order valence-electron chi connectivity index (χ2n) is 3.01. The number of aliphatic carboxylic acids is 1. The molecule has 5 nitrogen and oxygen atoms in total. The molecule has 1 aliphatic heterocycles. The van der Waals surface area contributed by atoms with Crippen LogP contribution < -0.4 is 47.9 Å². The van der Waals surface area contributed by atoms with Gasteiger partial charge in [-0.3, -0.25) is 0 Å². The van der Waals surface area contributed by atoms with Gasteiger partial charge in [-0.05, 0) is 0 Å². The van der Waals surface area contributed by atoms with Crippen LogP contribution in [0, 0.1) is 0 Å². The number of nitrogens with zero attached hydrogens (tertiary/aromatic N) is 1. The molecule has 0 unspecified atom stereocenters. The van der Waals surface area contributed by atoms with Crippen molar-refractivity contribution in [1.82, 2.24) is 4.90 Å². The SMILES string of the molecule is O=C([O-])N1CCC(F)(C(=O)[O-])CC1.[Li+].[Li+]. The molecule has 0 N–H and O–H groups in total. The zero-order valence-corrected chi connectivity index (χ0v) is 8.79. The number of carbonyl (C=O) groups is 2. The van der Waals surface area contributed by atoms with Crippen molar-refractivity contribution in [3.8, 4) is 0 Å². The van der Waals surface area contributed by atoms with E-state index in [2.05, 4.69) is 0 Å². The molecule has 1 aliphatic rings. The van der Waals surface area contributed by atoms with E-state index in [-0.39, 0.29) is 63.7 Å². The number of amides is 1. The number of hydrogen-bond acceptors (Lipinski definition) is 4. The number of carbonyl (C=O) groups excluding carboxylic acids is 2. The molecule has 0 aliphatic carbocycles. The Balaban J connectivity index is 0. The number of carboxylic acid groups (broad SMARTS) is 2. The van der Waals surface area contributed by atoms with Crippen molar-refractivity contribution in [2.75, 3.05) is 13.1 Å². The number of piperidine rings is 1. The summed E-state index contributed by atoms with van der Waals surface area (Å²) in [6, 6.07) is 0. The fraction of sp³-hybridized carbons (Fsp3) is 0.714. The first-order chi connectivity index (χ1) is 5.96. The molecule has 0 saturated carbocycles. The van der Waals surface area contributed by atoms with E-state index in [0.717, 1.165) is 4.90 Å². The van der Waals surface area contributed by atoms with Gasteiger partial charge in [0.25, 0.3) is 0 Å². The molecule has 0 spiro atoms. The molecule has 0 aromatic carbocycles. The third kappa shape index (κ3) is 4.08. The third-order valence-electron chi connectivity index (χ3n) is 2.18. The maximum absolute atomic E-state index is 13.2. The fourth-order valence-corrected chi connectivity index (χ4v) is 1.25. The maximum atomic E-state index is 13.2. The van der Waals surface area contributed by atoms with Gasteiger partial charge in [0, 0.05) is 25.9 Å². The van der Waals surface area contributed by atoms with Gasteiger partial charge >= 0.3 is 37.7 Å². The Hall–Kier alpha value is -0.135. The van der Waals surface area contributed by atoms with Crippen LogP contribution in [0.1, 0.15) is 12.8 Å². The van der Waals surface area contributed by atoms with Gasteiger partial charge in [-0.1, -0.05) is 0 Å². The average Bonchev–Trinajstić information content (AvgIpc) is 2.04. The molecule has 8 heteroatoms. The van der Waals surface area contributed by atoms with Crippen molar-refractivity contribution in [1.29, 1.82) is 0 Å². The summed E-state index contributed by atoms with van der Waals surface area (Å²) in [6.07, 6.45) is -2.15. The molecule has 1 saturated heterocycles. The van der Waals surface area contributed by atoms with Gasteiger partial charge in [-0.25, -0.2) is 4.39 Å². The van der Waals surface area contributed by atoms with Gasteiger partial charge in [0.2, 0.25) is 0 Å². The standard InChI is InChI=1S/C7H10FNO4.2Li/c8-7(5(10)11)1-3-9(4-2-7)6(12)13;;/h1-4H2,(H,10,11)(H,12,13);;/q;2*+1/p-2. The van der Waals surface area contributed by atoms with Crippen LogP contribution in [0.2, 0.25) is 0 Å². The molecule has 0 atom stereocenters. The van der Waals surface area contributed by atoms with E-state index in [1.54, 1.807) is 0 Å². The summed E-state index contributed by atoms with van der Waals surface area (Å²) in [5.74, 6) is -1.77. The van der Waals surface area contributed by atoms with Crippen molar-refractivity contribution >= 4 is 12.1 Å². The van der Waals surface area contributed by atoms with Crippen molar-refractivity contribution in [3.05, 3.63) is 0 Å². The van der Waals surface area contributed by atoms with Crippen LogP contribution in [0.25, 0.3) is 0 Å². The number of hydrogen-bond donors (Lipinski definition) is 0. The summed E-state index contributed by atoms with van der Waals surface area (Å²) in [7, 11) is 0. The van der Waals surface area contributed by atoms with E-state index in [1.807, 2.05) is 0 Å². The van der Waals surface area contributed by atoms with Crippen LogP contribution in [0.4, 0.5) is 9.18 Å². The fourth-order valence-electron chi connectivity index (χ4n) is 1.25. The quantitative estimate of drug-likeness (QED) is 0.396. The molecule has 1 fully saturated rings. The molecular weight excluding hydrogens is 195 g/mol. The van der Waals surface area contributed by atoms with E-state index in [1.165, 1.54) is 0 Å². The van der Waals surface area contributed by atoms with E-state index >= 15 is 0 Å². The number of rotatable bonds is 1. The van der Waals surface area contributed by atoms with Crippen molar-refractivity contribution in [2.45, 2.75) is 18.5 Å². The monoisotopic (exact) mass is 203 g/mol. The first-order valence-electron chi connectivity index (χ1n) is 3.82. The van der Waals surface area contributed by atoms with Gasteiger partial charge in [-0.2, -0.15) is 0 Å². The molecule has 0 bridgehead atoms. The minimum absolute atomic E-state index is 0. The van der Waals surface area contributed by atoms with Crippen LogP contribution in [-0.2, 0) is 4.79 Å². The Bertz CT molecular complexity index is 243. The summed E-state index contributed by atoms with van der Waals surface area (Å²) in [6.45, 7) is -0.320. The summed E-state index contributed by atoms with van der Waals surface area (Å²) in [5, 5.41) is 20.5. The van der Waals surface area contributed by atoms with Crippen molar-refractivity contribution < 1.29 is 61.9 Å². The Morgan fingerprint density at radius 2 is 1.53 bits per heavy atom.